The molecule has 0 bridgehead atoms. The van der Waals surface area contributed by atoms with Crippen LogP contribution in [0.5, 0.6) is 17.2 Å². The lowest BCUT2D eigenvalue weighted by Gasteiger charge is -2.38. The third kappa shape index (κ3) is 4.37. The van der Waals surface area contributed by atoms with Gasteiger partial charge in [0.15, 0.2) is 11.5 Å². The Hall–Kier alpha value is -1.95. The fraction of sp³-hybridized carbons (Fsp3) is 0.632. The summed E-state index contributed by atoms with van der Waals surface area (Å²) in [4.78, 5) is 14.6. The Bertz CT molecular complexity index is 591. The Morgan fingerprint density at radius 3 is 2.52 bits per heavy atom. The molecule has 0 saturated carbocycles. The molecular formula is C19H30N2O4. The maximum Gasteiger partial charge on any atom is 0.223 e. The highest BCUT2D eigenvalue weighted by molar-refractivity contribution is 5.77. The monoisotopic (exact) mass is 350 g/mol. The van der Waals surface area contributed by atoms with E-state index >= 15 is 0 Å². The molecule has 140 valence electrons. The van der Waals surface area contributed by atoms with Gasteiger partial charge in [0.05, 0.1) is 21.3 Å². The predicted octanol–water partition coefficient (Wildman–Crippen LogP) is 2.23. The van der Waals surface area contributed by atoms with Crippen molar-refractivity contribution in [2.45, 2.75) is 38.6 Å². The highest BCUT2D eigenvalue weighted by atomic mass is 16.5. The maximum atomic E-state index is 12.7. The molecular weight excluding hydrogens is 320 g/mol. The van der Waals surface area contributed by atoms with Gasteiger partial charge in [-0.25, -0.2) is 0 Å². The molecule has 2 unspecified atom stereocenters. The van der Waals surface area contributed by atoms with Crippen molar-refractivity contribution < 1.29 is 19.0 Å². The number of aryl methyl sites for hydroxylation is 1. The van der Waals surface area contributed by atoms with Crippen molar-refractivity contribution in [3.8, 4) is 17.2 Å². The van der Waals surface area contributed by atoms with Crippen LogP contribution in [0.3, 0.4) is 0 Å². The summed E-state index contributed by atoms with van der Waals surface area (Å²) >= 11 is 0. The topological polar surface area (TPSA) is 74.0 Å². The molecule has 1 heterocycles. The van der Waals surface area contributed by atoms with E-state index in [1.54, 1.807) is 21.3 Å². The average molecular weight is 350 g/mol. The molecule has 1 aliphatic heterocycles. The molecule has 0 spiro atoms. The van der Waals surface area contributed by atoms with Gasteiger partial charge in [0.1, 0.15) is 0 Å². The second kappa shape index (κ2) is 8.94. The van der Waals surface area contributed by atoms with Crippen LogP contribution in [-0.4, -0.2) is 51.3 Å². The normalized spacial score (nSPS) is 20.3. The molecule has 25 heavy (non-hydrogen) atoms. The van der Waals surface area contributed by atoms with Gasteiger partial charge < -0.3 is 24.8 Å². The van der Waals surface area contributed by atoms with Gasteiger partial charge in [-0.1, -0.05) is 13.0 Å². The minimum atomic E-state index is 0.152. The number of methoxy groups -OCH3 is 3. The molecule has 2 atom stereocenters. The lowest BCUT2D eigenvalue weighted by molar-refractivity contribution is -0.135. The Kier molecular flexibility index (Phi) is 6.93. The van der Waals surface area contributed by atoms with E-state index in [1.165, 1.54) is 0 Å². The minimum absolute atomic E-state index is 0.152. The van der Waals surface area contributed by atoms with E-state index in [-0.39, 0.29) is 11.9 Å². The van der Waals surface area contributed by atoms with E-state index < -0.39 is 0 Å². The van der Waals surface area contributed by atoms with Gasteiger partial charge >= 0.3 is 0 Å². The van der Waals surface area contributed by atoms with Crippen molar-refractivity contribution in [2.24, 2.45) is 11.7 Å². The molecule has 1 saturated heterocycles. The average Bonchev–Trinajstić information content (AvgIpc) is 2.64. The van der Waals surface area contributed by atoms with E-state index in [0.29, 0.717) is 42.6 Å². The summed E-state index contributed by atoms with van der Waals surface area (Å²) in [7, 11) is 4.76. The molecule has 1 fully saturated rings. The van der Waals surface area contributed by atoms with E-state index in [2.05, 4.69) is 6.92 Å². The van der Waals surface area contributed by atoms with Gasteiger partial charge in [0.25, 0.3) is 0 Å². The van der Waals surface area contributed by atoms with Crippen LogP contribution in [-0.2, 0) is 11.2 Å². The smallest absolute Gasteiger partial charge is 0.223 e. The van der Waals surface area contributed by atoms with Gasteiger partial charge in [-0.05, 0) is 36.8 Å². The number of amides is 1. The summed E-state index contributed by atoms with van der Waals surface area (Å²) in [6, 6.07) is 3.92. The summed E-state index contributed by atoms with van der Waals surface area (Å²) in [5.41, 5.74) is 6.81. The zero-order valence-electron chi connectivity index (χ0n) is 15.7. The standard InChI is InChI=1S/C19H30N2O4/c1-13-9-10-21(15(11-13)12-20)17(22)8-6-14-5-7-16(23-2)19(25-4)18(14)24-3/h5,7,13,15H,6,8-12,20H2,1-4H3. The first-order chi connectivity index (χ1) is 12.0. The van der Waals surface area contributed by atoms with Crippen molar-refractivity contribution in [2.75, 3.05) is 34.4 Å². The quantitative estimate of drug-likeness (QED) is 0.816. The van der Waals surface area contributed by atoms with Crippen molar-refractivity contribution >= 4 is 5.91 Å². The SMILES string of the molecule is COc1ccc(CCC(=O)N2CCC(C)CC2CN)c(OC)c1OC. The van der Waals surface area contributed by atoms with E-state index in [1.807, 2.05) is 17.0 Å². The van der Waals surface area contributed by atoms with Crippen molar-refractivity contribution in [3.63, 3.8) is 0 Å². The Morgan fingerprint density at radius 1 is 1.20 bits per heavy atom. The summed E-state index contributed by atoms with van der Waals surface area (Å²) < 4.78 is 16.2. The highest BCUT2D eigenvalue weighted by Gasteiger charge is 2.28. The van der Waals surface area contributed by atoms with Gasteiger partial charge in [-0.2, -0.15) is 0 Å². The lowest BCUT2D eigenvalue weighted by atomic mass is 9.92. The molecule has 0 radical (unpaired) electrons. The van der Waals surface area contributed by atoms with Crippen LogP contribution in [0.4, 0.5) is 0 Å². The van der Waals surface area contributed by atoms with Crippen LogP contribution < -0.4 is 19.9 Å². The number of ether oxygens (including phenoxy) is 3. The number of nitrogens with zero attached hydrogens (tertiary/aromatic N) is 1. The molecule has 1 aliphatic rings. The maximum absolute atomic E-state index is 12.7. The molecule has 6 nitrogen and oxygen atoms in total. The Labute approximate surface area is 150 Å². The summed E-state index contributed by atoms with van der Waals surface area (Å²) in [5, 5.41) is 0. The fourth-order valence-corrected chi connectivity index (χ4v) is 3.55. The van der Waals surface area contributed by atoms with Crippen LogP contribution in [0.15, 0.2) is 12.1 Å². The van der Waals surface area contributed by atoms with E-state index in [0.717, 1.165) is 24.9 Å². The van der Waals surface area contributed by atoms with Crippen molar-refractivity contribution in [3.05, 3.63) is 17.7 Å². The number of piperidine rings is 1. The van der Waals surface area contributed by atoms with Gasteiger partial charge in [-0.3, -0.25) is 4.79 Å². The van der Waals surface area contributed by atoms with Crippen LogP contribution in [0.1, 0.15) is 31.7 Å². The molecule has 2 rings (SSSR count). The second-order valence-corrected chi connectivity index (χ2v) is 6.60. The first-order valence-corrected chi connectivity index (χ1v) is 8.83. The number of carbonyl (C=O) groups is 1. The molecule has 6 heteroatoms. The van der Waals surface area contributed by atoms with Gasteiger partial charge in [-0.15, -0.1) is 0 Å². The minimum Gasteiger partial charge on any atom is -0.493 e. The van der Waals surface area contributed by atoms with Crippen molar-refractivity contribution in [1.82, 2.24) is 4.90 Å². The zero-order valence-corrected chi connectivity index (χ0v) is 15.7. The number of hydrogen-bond donors (Lipinski definition) is 1. The Morgan fingerprint density at radius 2 is 1.92 bits per heavy atom. The number of carbonyl (C=O) groups excluding carboxylic acids is 1. The van der Waals surface area contributed by atoms with Crippen LogP contribution in [0, 0.1) is 5.92 Å². The van der Waals surface area contributed by atoms with E-state index in [4.69, 9.17) is 19.9 Å². The molecule has 1 amide bonds. The van der Waals surface area contributed by atoms with Crippen LogP contribution in [0.2, 0.25) is 0 Å². The number of hydrogen-bond acceptors (Lipinski definition) is 5. The first kappa shape index (κ1) is 19.4. The van der Waals surface area contributed by atoms with Crippen LogP contribution >= 0.6 is 0 Å². The third-order valence-electron chi connectivity index (χ3n) is 4.96. The number of rotatable bonds is 7. The van der Waals surface area contributed by atoms with Crippen LogP contribution in [0.25, 0.3) is 0 Å². The van der Waals surface area contributed by atoms with E-state index in [9.17, 15) is 4.79 Å². The molecule has 2 N–H and O–H groups in total. The lowest BCUT2D eigenvalue weighted by Crippen LogP contribution is -2.49. The predicted molar refractivity (Wildman–Crippen MR) is 97.4 cm³/mol. The zero-order chi connectivity index (χ0) is 18.4. The molecule has 0 aromatic heterocycles. The van der Waals surface area contributed by atoms with Crippen molar-refractivity contribution in [1.29, 1.82) is 0 Å². The Balaban J connectivity index is 2.09. The highest BCUT2D eigenvalue weighted by Crippen LogP contribution is 2.40. The second-order valence-electron chi connectivity index (χ2n) is 6.60. The number of likely N-dealkylation sites (tertiary alicyclic amines) is 1. The summed E-state index contributed by atoms with van der Waals surface area (Å²) in [5.74, 6) is 2.57. The molecule has 0 aliphatic carbocycles. The number of benzene rings is 1. The third-order valence-corrected chi connectivity index (χ3v) is 4.96. The van der Waals surface area contributed by atoms with Gasteiger partial charge in [0.2, 0.25) is 11.7 Å². The fourth-order valence-electron chi connectivity index (χ4n) is 3.55. The molecule has 1 aromatic carbocycles. The first-order valence-electron chi connectivity index (χ1n) is 8.83. The summed E-state index contributed by atoms with van der Waals surface area (Å²) in [6.45, 7) is 3.54. The summed E-state index contributed by atoms with van der Waals surface area (Å²) in [6.07, 6.45) is 3.05. The van der Waals surface area contributed by atoms with Gasteiger partial charge in [0, 0.05) is 25.6 Å². The number of nitrogens with two attached hydrogens (primary N) is 1. The largest absolute Gasteiger partial charge is 0.493 e. The molecule has 1 aromatic rings.